The molecule has 0 heterocycles. The van der Waals surface area contributed by atoms with Gasteiger partial charge in [-0.05, 0) is 27.1 Å². The van der Waals surface area contributed by atoms with Crippen LogP contribution in [-0.2, 0) is 11.3 Å². The van der Waals surface area contributed by atoms with Gasteiger partial charge in [0.25, 0.3) is 0 Å². The number of likely N-dealkylation sites (N-methyl/N-ethyl adjacent to an activating group) is 1. The molecule has 0 aliphatic rings. The van der Waals surface area contributed by atoms with Gasteiger partial charge in [-0.2, -0.15) is 0 Å². The zero-order chi connectivity index (χ0) is 17.1. The maximum atomic E-state index is 5.87. The highest BCUT2D eigenvalue weighted by molar-refractivity contribution is 5.80. The van der Waals surface area contributed by atoms with Crippen molar-refractivity contribution in [3.05, 3.63) is 29.8 Å². The predicted molar refractivity (Wildman–Crippen MR) is 95.2 cm³/mol. The van der Waals surface area contributed by atoms with Gasteiger partial charge in [0.05, 0.1) is 6.61 Å². The molecular formula is C17H30N4O2. The van der Waals surface area contributed by atoms with Gasteiger partial charge in [-0.15, -0.1) is 0 Å². The zero-order valence-electron chi connectivity index (χ0n) is 14.9. The van der Waals surface area contributed by atoms with E-state index in [4.69, 9.17) is 9.47 Å². The second-order valence-electron chi connectivity index (χ2n) is 5.69. The van der Waals surface area contributed by atoms with Crippen LogP contribution in [-0.4, -0.2) is 64.9 Å². The number of methoxy groups -OCH3 is 1. The van der Waals surface area contributed by atoms with E-state index in [2.05, 4.69) is 33.5 Å². The fourth-order valence-corrected chi connectivity index (χ4v) is 2.03. The molecule has 0 bridgehead atoms. The third kappa shape index (κ3) is 7.85. The molecule has 0 saturated heterocycles. The second-order valence-corrected chi connectivity index (χ2v) is 5.69. The van der Waals surface area contributed by atoms with Crippen LogP contribution in [0.5, 0.6) is 5.75 Å². The third-order valence-corrected chi connectivity index (χ3v) is 3.24. The topological polar surface area (TPSA) is 58.1 Å². The van der Waals surface area contributed by atoms with Crippen LogP contribution in [0.3, 0.4) is 0 Å². The first-order valence-electron chi connectivity index (χ1n) is 7.88. The van der Waals surface area contributed by atoms with Crippen molar-refractivity contribution in [1.82, 2.24) is 15.5 Å². The number of hydrogen-bond acceptors (Lipinski definition) is 4. The van der Waals surface area contributed by atoms with E-state index < -0.39 is 0 Å². The highest BCUT2D eigenvalue weighted by atomic mass is 16.5. The average Bonchev–Trinajstić information content (AvgIpc) is 2.52. The maximum Gasteiger partial charge on any atom is 0.191 e. The van der Waals surface area contributed by atoms with Gasteiger partial charge in [-0.3, -0.25) is 4.99 Å². The minimum absolute atomic E-state index is 0.192. The summed E-state index contributed by atoms with van der Waals surface area (Å²) in [6.07, 6.45) is 0. The smallest absolute Gasteiger partial charge is 0.191 e. The summed E-state index contributed by atoms with van der Waals surface area (Å²) in [4.78, 5) is 6.33. The quantitative estimate of drug-likeness (QED) is 0.530. The van der Waals surface area contributed by atoms with Crippen LogP contribution in [0.15, 0.2) is 29.3 Å². The lowest BCUT2D eigenvalue weighted by Crippen LogP contribution is -2.43. The largest absolute Gasteiger partial charge is 0.492 e. The molecule has 0 spiro atoms. The van der Waals surface area contributed by atoms with Crippen LogP contribution in [0, 0.1) is 0 Å². The van der Waals surface area contributed by atoms with Crippen LogP contribution in [0.2, 0.25) is 0 Å². The molecule has 0 amide bonds. The van der Waals surface area contributed by atoms with Crippen LogP contribution in [0.1, 0.15) is 12.5 Å². The first kappa shape index (κ1) is 19.3. The standard InChI is InChI=1S/C17H30N4O2/c1-14(13-22-5)20-17(18-2)19-12-15-8-6-7-9-16(15)23-11-10-21(3)4/h6-9,14H,10-13H2,1-5H3,(H2,18,19,20). The Morgan fingerprint density at radius 2 is 2.04 bits per heavy atom. The Hall–Kier alpha value is -1.79. The number of aliphatic imine (C=N–C) groups is 1. The summed E-state index contributed by atoms with van der Waals surface area (Å²) in [5.74, 6) is 1.65. The number of nitrogens with one attached hydrogen (secondary N) is 2. The van der Waals surface area contributed by atoms with E-state index in [1.807, 2.05) is 32.3 Å². The van der Waals surface area contributed by atoms with Crippen LogP contribution >= 0.6 is 0 Å². The Bertz CT molecular complexity index is 477. The van der Waals surface area contributed by atoms with Crippen molar-refractivity contribution >= 4 is 5.96 Å². The van der Waals surface area contributed by atoms with Crippen molar-refractivity contribution in [2.75, 3.05) is 48.0 Å². The molecule has 1 unspecified atom stereocenters. The SMILES string of the molecule is CN=C(NCc1ccccc1OCCN(C)C)NC(C)COC. The summed E-state index contributed by atoms with van der Waals surface area (Å²) in [6.45, 7) is 4.89. The van der Waals surface area contributed by atoms with Crippen LogP contribution in [0.4, 0.5) is 0 Å². The maximum absolute atomic E-state index is 5.87. The normalized spacial score (nSPS) is 13.0. The molecule has 1 aromatic carbocycles. The zero-order valence-corrected chi connectivity index (χ0v) is 14.9. The number of nitrogens with zero attached hydrogens (tertiary/aromatic N) is 2. The van der Waals surface area contributed by atoms with E-state index >= 15 is 0 Å². The summed E-state index contributed by atoms with van der Waals surface area (Å²) in [7, 11) is 7.52. The van der Waals surface area contributed by atoms with Gasteiger partial charge < -0.3 is 25.0 Å². The molecule has 2 N–H and O–H groups in total. The number of hydrogen-bond donors (Lipinski definition) is 2. The molecule has 6 nitrogen and oxygen atoms in total. The van der Waals surface area contributed by atoms with Gasteiger partial charge in [0.15, 0.2) is 5.96 Å². The molecule has 0 aliphatic heterocycles. The minimum atomic E-state index is 0.192. The highest BCUT2D eigenvalue weighted by Gasteiger charge is 2.07. The second kappa shape index (κ2) is 10.9. The summed E-state index contributed by atoms with van der Waals surface area (Å²) in [6, 6.07) is 8.25. The Morgan fingerprint density at radius 1 is 1.30 bits per heavy atom. The lowest BCUT2D eigenvalue weighted by molar-refractivity contribution is 0.179. The van der Waals surface area contributed by atoms with Crippen molar-refractivity contribution in [2.45, 2.75) is 19.5 Å². The lowest BCUT2D eigenvalue weighted by Gasteiger charge is -2.18. The fraction of sp³-hybridized carbons (Fsp3) is 0.588. The molecule has 1 atom stereocenters. The molecule has 0 radical (unpaired) electrons. The Morgan fingerprint density at radius 3 is 2.70 bits per heavy atom. The molecular weight excluding hydrogens is 292 g/mol. The number of benzene rings is 1. The lowest BCUT2D eigenvalue weighted by atomic mass is 10.2. The van der Waals surface area contributed by atoms with E-state index in [0.717, 1.165) is 23.8 Å². The van der Waals surface area contributed by atoms with Crippen LogP contribution in [0.25, 0.3) is 0 Å². The Kier molecular flexibility index (Phi) is 9.09. The summed E-state index contributed by atoms with van der Waals surface area (Å²) in [5, 5.41) is 6.59. The van der Waals surface area contributed by atoms with Gasteiger partial charge in [0, 0.05) is 38.9 Å². The summed E-state index contributed by atoms with van der Waals surface area (Å²) in [5.41, 5.74) is 1.11. The Balaban J connectivity index is 2.55. The first-order chi connectivity index (χ1) is 11.1. The van der Waals surface area contributed by atoms with Crippen molar-refractivity contribution in [1.29, 1.82) is 0 Å². The van der Waals surface area contributed by atoms with Crippen molar-refractivity contribution < 1.29 is 9.47 Å². The van der Waals surface area contributed by atoms with Crippen LogP contribution < -0.4 is 15.4 Å². The molecule has 1 rings (SSSR count). The molecule has 0 saturated carbocycles. The van der Waals surface area contributed by atoms with Gasteiger partial charge in [-0.1, -0.05) is 18.2 Å². The number of ether oxygens (including phenoxy) is 2. The van der Waals surface area contributed by atoms with Crippen molar-refractivity contribution in [3.63, 3.8) is 0 Å². The van der Waals surface area contributed by atoms with Gasteiger partial charge in [-0.25, -0.2) is 0 Å². The molecule has 6 heteroatoms. The molecule has 0 aromatic heterocycles. The predicted octanol–water partition coefficient (Wildman–Crippen LogP) is 1.33. The minimum Gasteiger partial charge on any atom is -0.492 e. The third-order valence-electron chi connectivity index (χ3n) is 3.24. The molecule has 1 aromatic rings. The van der Waals surface area contributed by atoms with Crippen molar-refractivity contribution in [2.24, 2.45) is 4.99 Å². The number of guanidine groups is 1. The van der Waals surface area contributed by atoms with Gasteiger partial charge in [0.1, 0.15) is 12.4 Å². The molecule has 0 aliphatic carbocycles. The van der Waals surface area contributed by atoms with Gasteiger partial charge in [0.2, 0.25) is 0 Å². The van der Waals surface area contributed by atoms with Crippen molar-refractivity contribution in [3.8, 4) is 5.75 Å². The molecule has 0 fully saturated rings. The van der Waals surface area contributed by atoms with E-state index in [1.165, 1.54) is 0 Å². The highest BCUT2D eigenvalue weighted by Crippen LogP contribution is 2.17. The molecule has 130 valence electrons. The summed E-state index contributed by atoms with van der Waals surface area (Å²) < 4.78 is 11.0. The molecule has 23 heavy (non-hydrogen) atoms. The van der Waals surface area contributed by atoms with Gasteiger partial charge >= 0.3 is 0 Å². The Labute approximate surface area is 139 Å². The monoisotopic (exact) mass is 322 g/mol. The summed E-state index contributed by atoms with van der Waals surface area (Å²) >= 11 is 0. The first-order valence-corrected chi connectivity index (χ1v) is 7.88. The average molecular weight is 322 g/mol. The number of para-hydroxylation sites is 1. The van der Waals surface area contributed by atoms with E-state index in [0.29, 0.717) is 19.8 Å². The van der Waals surface area contributed by atoms with E-state index in [-0.39, 0.29) is 6.04 Å². The van der Waals surface area contributed by atoms with E-state index in [1.54, 1.807) is 14.2 Å². The number of rotatable bonds is 9. The van der Waals surface area contributed by atoms with E-state index in [9.17, 15) is 0 Å². The fourth-order valence-electron chi connectivity index (χ4n) is 2.03.